The number of nitro groups is 1. The van der Waals surface area contributed by atoms with E-state index in [0.717, 1.165) is 5.56 Å². The molecule has 0 radical (unpaired) electrons. The molecule has 2 heterocycles. The highest BCUT2D eigenvalue weighted by atomic mass is 35.5. The lowest BCUT2D eigenvalue weighted by molar-refractivity contribution is -0.384. The number of nitrogens with zero attached hydrogens (tertiary/aromatic N) is 3. The van der Waals surface area contributed by atoms with E-state index in [9.17, 15) is 14.9 Å². The fourth-order valence-corrected chi connectivity index (χ4v) is 2.61. The van der Waals surface area contributed by atoms with Crippen molar-refractivity contribution in [2.45, 2.75) is 13.8 Å². The number of hydrogen-bond acceptors (Lipinski definition) is 4. The number of carbonyl (C=O) groups is 1. The number of nitro benzene ring substituents is 1. The van der Waals surface area contributed by atoms with E-state index in [0.29, 0.717) is 27.7 Å². The van der Waals surface area contributed by atoms with Gasteiger partial charge in [0.15, 0.2) is 0 Å². The molecule has 24 heavy (non-hydrogen) atoms. The van der Waals surface area contributed by atoms with Crippen LogP contribution in [0, 0.1) is 24.0 Å². The van der Waals surface area contributed by atoms with E-state index >= 15 is 0 Å². The molecule has 1 aromatic carbocycles. The van der Waals surface area contributed by atoms with E-state index in [1.807, 2.05) is 0 Å². The summed E-state index contributed by atoms with van der Waals surface area (Å²) < 4.78 is 1.60. The average molecular weight is 345 g/mol. The summed E-state index contributed by atoms with van der Waals surface area (Å²) in [7, 11) is 0. The maximum absolute atomic E-state index is 12.7. The quantitative estimate of drug-likeness (QED) is 0.578. The second-order valence-corrected chi connectivity index (χ2v) is 5.77. The monoisotopic (exact) mass is 344 g/mol. The molecule has 0 unspecified atom stereocenters. The van der Waals surface area contributed by atoms with Gasteiger partial charge in [-0.3, -0.25) is 19.3 Å². The van der Waals surface area contributed by atoms with Crippen LogP contribution in [-0.4, -0.2) is 20.2 Å². The molecule has 7 nitrogen and oxygen atoms in total. The van der Waals surface area contributed by atoms with Crippen LogP contribution in [0.25, 0.3) is 5.65 Å². The van der Waals surface area contributed by atoms with Crippen molar-refractivity contribution in [3.63, 3.8) is 0 Å². The number of anilines is 1. The number of nitrogens with one attached hydrogen (secondary N) is 1. The molecule has 0 aliphatic rings. The molecule has 1 N–H and O–H groups in total. The van der Waals surface area contributed by atoms with Gasteiger partial charge in [-0.05, 0) is 31.5 Å². The standard InChI is InChI=1S/C16H13ClN4O3/c1-9-3-5-12(21(23)24)7-13(9)19-16(22)15-10(2)18-14-6-4-11(17)8-20(14)15/h3-8H,1-2H3,(H,19,22). The first-order chi connectivity index (χ1) is 11.4. The van der Waals surface area contributed by atoms with Gasteiger partial charge in [0.25, 0.3) is 11.6 Å². The van der Waals surface area contributed by atoms with Crippen molar-refractivity contribution < 1.29 is 9.72 Å². The molecule has 0 saturated heterocycles. The maximum atomic E-state index is 12.7. The zero-order valence-electron chi connectivity index (χ0n) is 12.9. The Hall–Kier alpha value is -2.93. The highest BCUT2D eigenvalue weighted by Gasteiger charge is 2.18. The summed E-state index contributed by atoms with van der Waals surface area (Å²) in [6.07, 6.45) is 1.60. The molecule has 0 aliphatic carbocycles. The highest BCUT2D eigenvalue weighted by molar-refractivity contribution is 6.30. The Labute approximate surface area is 142 Å². The molecule has 3 rings (SSSR count). The third-order valence-corrected chi connectivity index (χ3v) is 3.88. The molecule has 0 saturated carbocycles. The number of aryl methyl sites for hydroxylation is 2. The minimum absolute atomic E-state index is 0.0891. The molecule has 0 atom stereocenters. The third-order valence-electron chi connectivity index (χ3n) is 3.65. The Morgan fingerprint density at radius 1 is 1.29 bits per heavy atom. The van der Waals surface area contributed by atoms with Gasteiger partial charge in [0.05, 0.1) is 21.3 Å². The lowest BCUT2D eigenvalue weighted by atomic mass is 10.1. The average Bonchev–Trinajstić information content (AvgIpc) is 2.84. The highest BCUT2D eigenvalue weighted by Crippen LogP contribution is 2.23. The summed E-state index contributed by atoms with van der Waals surface area (Å²) in [6.45, 7) is 3.48. The van der Waals surface area contributed by atoms with E-state index in [2.05, 4.69) is 10.3 Å². The fraction of sp³-hybridized carbons (Fsp3) is 0.125. The number of pyridine rings is 1. The van der Waals surface area contributed by atoms with Crippen LogP contribution in [0.15, 0.2) is 36.5 Å². The molecule has 0 fully saturated rings. The number of amides is 1. The van der Waals surface area contributed by atoms with Gasteiger partial charge in [0.2, 0.25) is 0 Å². The van der Waals surface area contributed by atoms with Gasteiger partial charge >= 0.3 is 0 Å². The van der Waals surface area contributed by atoms with E-state index < -0.39 is 10.8 Å². The molecule has 2 aromatic heterocycles. The minimum atomic E-state index is -0.506. The summed E-state index contributed by atoms with van der Waals surface area (Å²) >= 11 is 5.99. The van der Waals surface area contributed by atoms with Gasteiger partial charge < -0.3 is 5.32 Å². The Morgan fingerprint density at radius 3 is 2.75 bits per heavy atom. The number of benzene rings is 1. The summed E-state index contributed by atoms with van der Waals surface area (Å²) in [5.74, 6) is -0.411. The normalized spacial score (nSPS) is 10.8. The number of aromatic nitrogens is 2. The zero-order chi connectivity index (χ0) is 17.4. The molecule has 122 valence electrons. The van der Waals surface area contributed by atoms with Crippen LogP contribution >= 0.6 is 11.6 Å². The Morgan fingerprint density at radius 2 is 2.04 bits per heavy atom. The summed E-state index contributed by atoms with van der Waals surface area (Å²) in [4.78, 5) is 27.4. The molecule has 0 bridgehead atoms. The van der Waals surface area contributed by atoms with Crippen molar-refractivity contribution in [3.05, 3.63) is 68.6 Å². The minimum Gasteiger partial charge on any atom is -0.320 e. The van der Waals surface area contributed by atoms with Crippen molar-refractivity contribution in [3.8, 4) is 0 Å². The Bertz CT molecular complexity index is 981. The van der Waals surface area contributed by atoms with Crippen LogP contribution < -0.4 is 5.32 Å². The molecule has 8 heteroatoms. The summed E-state index contributed by atoms with van der Waals surface area (Å²) in [5.41, 5.74) is 2.48. The van der Waals surface area contributed by atoms with Crippen molar-refractivity contribution in [1.29, 1.82) is 0 Å². The third kappa shape index (κ3) is 2.81. The van der Waals surface area contributed by atoms with Gasteiger partial charge in [-0.1, -0.05) is 17.7 Å². The van der Waals surface area contributed by atoms with E-state index in [1.54, 1.807) is 42.6 Å². The van der Waals surface area contributed by atoms with Gasteiger partial charge in [0, 0.05) is 18.3 Å². The number of carbonyl (C=O) groups excluding carboxylic acids is 1. The van der Waals surface area contributed by atoms with Crippen LogP contribution in [0.1, 0.15) is 21.7 Å². The maximum Gasteiger partial charge on any atom is 0.274 e. The second kappa shape index (κ2) is 5.93. The zero-order valence-corrected chi connectivity index (χ0v) is 13.7. The lowest BCUT2D eigenvalue weighted by Gasteiger charge is -2.09. The number of non-ortho nitro benzene ring substituents is 1. The second-order valence-electron chi connectivity index (χ2n) is 5.33. The Balaban J connectivity index is 2.02. The molecule has 0 spiro atoms. The smallest absolute Gasteiger partial charge is 0.274 e. The van der Waals surface area contributed by atoms with E-state index in [4.69, 9.17) is 11.6 Å². The van der Waals surface area contributed by atoms with Crippen LogP contribution in [0.2, 0.25) is 5.02 Å². The number of fused-ring (bicyclic) bond motifs is 1. The van der Waals surface area contributed by atoms with E-state index in [1.165, 1.54) is 12.1 Å². The first-order valence-corrected chi connectivity index (χ1v) is 7.45. The topological polar surface area (TPSA) is 89.5 Å². The molecular weight excluding hydrogens is 332 g/mol. The first-order valence-electron chi connectivity index (χ1n) is 7.07. The lowest BCUT2D eigenvalue weighted by Crippen LogP contribution is -2.16. The van der Waals surface area contributed by atoms with Crippen LogP contribution in [-0.2, 0) is 0 Å². The van der Waals surface area contributed by atoms with Crippen LogP contribution in [0.5, 0.6) is 0 Å². The van der Waals surface area contributed by atoms with Gasteiger partial charge in [-0.15, -0.1) is 0 Å². The number of hydrogen-bond donors (Lipinski definition) is 1. The number of halogens is 1. The largest absolute Gasteiger partial charge is 0.320 e. The van der Waals surface area contributed by atoms with Crippen molar-refractivity contribution >= 4 is 34.5 Å². The molecule has 0 aliphatic heterocycles. The van der Waals surface area contributed by atoms with Gasteiger partial charge in [-0.2, -0.15) is 0 Å². The molecule has 3 aromatic rings. The first kappa shape index (κ1) is 15.9. The molecular formula is C16H13ClN4O3. The van der Waals surface area contributed by atoms with Crippen LogP contribution in [0.4, 0.5) is 11.4 Å². The van der Waals surface area contributed by atoms with Crippen LogP contribution in [0.3, 0.4) is 0 Å². The van der Waals surface area contributed by atoms with Gasteiger partial charge in [0.1, 0.15) is 11.3 Å². The molecule has 1 amide bonds. The number of imidazole rings is 1. The summed E-state index contributed by atoms with van der Waals surface area (Å²) in [5, 5.41) is 14.1. The predicted octanol–water partition coefficient (Wildman–Crippen LogP) is 3.77. The van der Waals surface area contributed by atoms with Crippen molar-refractivity contribution in [1.82, 2.24) is 9.38 Å². The van der Waals surface area contributed by atoms with Crippen molar-refractivity contribution in [2.75, 3.05) is 5.32 Å². The van der Waals surface area contributed by atoms with Gasteiger partial charge in [-0.25, -0.2) is 4.98 Å². The summed E-state index contributed by atoms with van der Waals surface area (Å²) in [6, 6.07) is 7.72. The number of rotatable bonds is 3. The Kier molecular flexibility index (Phi) is 3.94. The van der Waals surface area contributed by atoms with E-state index in [-0.39, 0.29) is 5.69 Å². The SMILES string of the molecule is Cc1ccc([N+](=O)[O-])cc1NC(=O)c1c(C)nc2ccc(Cl)cn12. The predicted molar refractivity (Wildman–Crippen MR) is 90.7 cm³/mol. The van der Waals surface area contributed by atoms with Crippen molar-refractivity contribution in [2.24, 2.45) is 0 Å². The fourth-order valence-electron chi connectivity index (χ4n) is 2.45.